The van der Waals surface area contributed by atoms with Gasteiger partial charge in [0.15, 0.2) is 0 Å². The minimum absolute atomic E-state index is 0.862. The molecule has 1 heterocycles. The lowest BCUT2D eigenvalue weighted by Gasteiger charge is -2.26. The third-order valence-electron chi connectivity index (χ3n) is 6.12. The molecule has 29 heavy (non-hydrogen) atoms. The summed E-state index contributed by atoms with van der Waals surface area (Å²) in [7, 11) is 0. The van der Waals surface area contributed by atoms with Crippen LogP contribution in [-0.2, 0) is 6.54 Å². The Morgan fingerprint density at radius 2 is 1.17 bits per heavy atom. The van der Waals surface area contributed by atoms with Crippen LogP contribution in [0.1, 0.15) is 19.4 Å². The van der Waals surface area contributed by atoms with E-state index in [2.05, 4.69) is 108 Å². The minimum Gasteiger partial charge on any atom is -0.372 e. The molecule has 0 aliphatic rings. The molecule has 1 aromatic heterocycles. The third-order valence-corrected chi connectivity index (χ3v) is 6.12. The lowest BCUT2D eigenvalue weighted by molar-refractivity contribution is 0.829. The van der Waals surface area contributed by atoms with Gasteiger partial charge in [-0.1, -0.05) is 66.7 Å². The lowest BCUT2D eigenvalue weighted by atomic mass is 10.0. The first-order valence-corrected chi connectivity index (χ1v) is 10.5. The second-order valence-corrected chi connectivity index (χ2v) is 7.58. The van der Waals surface area contributed by atoms with Crippen LogP contribution in [-0.4, -0.2) is 17.7 Å². The molecule has 0 bridgehead atoms. The largest absolute Gasteiger partial charge is 0.372 e. The van der Waals surface area contributed by atoms with Gasteiger partial charge in [0.2, 0.25) is 0 Å². The summed E-state index contributed by atoms with van der Waals surface area (Å²) >= 11 is 0. The van der Waals surface area contributed by atoms with Gasteiger partial charge < -0.3 is 9.47 Å². The van der Waals surface area contributed by atoms with Gasteiger partial charge in [-0.15, -0.1) is 0 Å². The van der Waals surface area contributed by atoms with E-state index in [1.165, 1.54) is 43.8 Å². The zero-order valence-corrected chi connectivity index (χ0v) is 17.1. The summed E-state index contributed by atoms with van der Waals surface area (Å²) in [5, 5.41) is 5.30. The lowest BCUT2D eigenvalue weighted by Crippen LogP contribution is -2.23. The van der Waals surface area contributed by atoms with Crippen molar-refractivity contribution in [3.63, 3.8) is 0 Å². The van der Waals surface area contributed by atoms with Crippen molar-refractivity contribution < 1.29 is 0 Å². The van der Waals surface area contributed by atoms with Crippen LogP contribution in [0.25, 0.3) is 32.6 Å². The molecule has 0 atom stereocenters. The summed E-state index contributed by atoms with van der Waals surface area (Å²) in [6.45, 7) is 7.36. The second kappa shape index (κ2) is 7.29. The van der Waals surface area contributed by atoms with Gasteiger partial charge in [-0.3, -0.25) is 0 Å². The van der Waals surface area contributed by atoms with Crippen molar-refractivity contribution >= 4 is 38.3 Å². The van der Waals surface area contributed by atoms with Gasteiger partial charge in [-0.2, -0.15) is 0 Å². The Labute approximate surface area is 172 Å². The molecule has 5 rings (SSSR count). The molecule has 0 fully saturated rings. The van der Waals surface area contributed by atoms with E-state index < -0.39 is 0 Å². The van der Waals surface area contributed by atoms with Crippen LogP contribution in [0.3, 0.4) is 0 Å². The third kappa shape index (κ3) is 2.87. The first-order valence-electron chi connectivity index (χ1n) is 10.5. The fourth-order valence-corrected chi connectivity index (χ4v) is 4.68. The van der Waals surface area contributed by atoms with E-state index in [1.54, 1.807) is 0 Å². The fraction of sp³-hybridized carbons (Fsp3) is 0.185. The molecule has 0 unspecified atom stereocenters. The summed E-state index contributed by atoms with van der Waals surface area (Å²) in [4.78, 5) is 2.47. The highest BCUT2D eigenvalue weighted by Crippen LogP contribution is 2.34. The highest BCUT2D eigenvalue weighted by Gasteiger charge is 2.16. The molecule has 0 radical (unpaired) electrons. The van der Waals surface area contributed by atoms with Crippen LogP contribution in [0, 0.1) is 0 Å². The summed E-state index contributed by atoms with van der Waals surface area (Å²) < 4.78 is 2.49. The molecule has 2 nitrogen and oxygen atoms in total. The number of hydrogen-bond acceptors (Lipinski definition) is 1. The monoisotopic (exact) mass is 378 g/mol. The van der Waals surface area contributed by atoms with Gasteiger partial charge in [0.05, 0.1) is 6.54 Å². The molecule has 0 aliphatic carbocycles. The summed E-state index contributed by atoms with van der Waals surface area (Å²) in [6.07, 6.45) is 0. The number of anilines is 1. The zero-order valence-electron chi connectivity index (χ0n) is 17.1. The van der Waals surface area contributed by atoms with E-state index >= 15 is 0 Å². The quantitative estimate of drug-likeness (QED) is 0.325. The maximum Gasteiger partial charge on any atom is 0.0508 e. The van der Waals surface area contributed by atoms with Crippen LogP contribution < -0.4 is 4.90 Å². The number of hydrogen-bond donors (Lipinski definition) is 0. The Morgan fingerprint density at radius 3 is 1.79 bits per heavy atom. The Balaban J connectivity index is 1.80. The smallest absolute Gasteiger partial charge is 0.0508 e. The van der Waals surface area contributed by atoms with Crippen molar-refractivity contribution in [1.82, 2.24) is 4.57 Å². The van der Waals surface area contributed by atoms with Gasteiger partial charge in [0.1, 0.15) is 0 Å². The standard InChI is InChI=1S/C27H26N2/c1-3-28(4-2)25-18-17-20-11-5-6-12-21(20)24(25)19-29-26-15-9-7-13-22(26)23-14-8-10-16-27(23)29/h5-18H,3-4,19H2,1-2H3. The number of fused-ring (bicyclic) bond motifs is 4. The summed E-state index contributed by atoms with van der Waals surface area (Å²) in [5.41, 5.74) is 5.34. The van der Waals surface area contributed by atoms with E-state index in [0.717, 1.165) is 19.6 Å². The Morgan fingerprint density at radius 1 is 0.621 bits per heavy atom. The predicted octanol–water partition coefficient (Wildman–Crippen LogP) is 6.84. The summed E-state index contributed by atoms with van der Waals surface area (Å²) in [5.74, 6) is 0. The van der Waals surface area contributed by atoms with E-state index in [0.29, 0.717) is 0 Å². The number of nitrogens with zero attached hydrogens (tertiary/aromatic N) is 2. The van der Waals surface area contributed by atoms with Gasteiger partial charge in [-0.25, -0.2) is 0 Å². The highest BCUT2D eigenvalue weighted by molar-refractivity contribution is 6.08. The van der Waals surface area contributed by atoms with Crippen molar-refractivity contribution in [3.8, 4) is 0 Å². The molecule has 0 saturated heterocycles. The van der Waals surface area contributed by atoms with Gasteiger partial charge in [0.25, 0.3) is 0 Å². The number of para-hydroxylation sites is 2. The number of rotatable bonds is 5. The van der Waals surface area contributed by atoms with Crippen LogP contribution in [0.15, 0.2) is 84.9 Å². The highest BCUT2D eigenvalue weighted by atomic mass is 15.1. The molecule has 0 amide bonds. The van der Waals surface area contributed by atoms with Crippen LogP contribution >= 0.6 is 0 Å². The molecule has 2 heteroatoms. The average molecular weight is 379 g/mol. The molecule has 0 N–H and O–H groups in total. The van der Waals surface area contributed by atoms with E-state index in [4.69, 9.17) is 0 Å². The topological polar surface area (TPSA) is 8.17 Å². The van der Waals surface area contributed by atoms with Gasteiger partial charge in [0, 0.05) is 46.1 Å². The van der Waals surface area contributed by atoms with Crippen LogP contribution in [0.5, 0.6) is 0 Å². The zero-order chi connectivity index (χ0) is 19.8. The van der Waals surface area contributed by atoms with Crippen LogP contribution in [0.2, 0.25) is 0 Å². The fourth-order valence-electron chi connectivity index (χ4n) is 4.68. The van der Waals surface area contributed by atoms with E-state index in [-0.39, 0.29) is 0 Å². The first-order chi connectivity index (χ1) is 14.3. The van der Waals surface area contributed by atoms with Crippen LogP contribution in [0.4, 0.5) is 5.69 Å². The Kier molecular flexibility index (Phi) is 4.48. The molecular formula is C27H26N2. The molecule has 0 spiro atoms. The average Bonchev–Trinajstić information content (AvgIpc) is 3.10. The van der Waals surface area contributed by atoms with Crippen molar-refractivity contribution in [2.75, 3.05) is 18.0 Å². The molecule has 4 aromatic carbocycles. The SMILES string of the molecule is CCN(CC)c1ccc2ccccc2c1Cn1c2ccccc2c2ccccc21. The van der Waals surface area contributed by atoms with Crippen molar-refractivity contribution in [2.45, 2.75) is 20.4 Å². The molecular weight excluding hydrogens is 352 g/mol. The molecule has 0 aliphatic heterocycles. The van der Waals surface area contributed by atoms with E-state index in [9.17, 15) is 0 Å². The minimum atomic E-state index is 0.862. The van der Waals surface area contributed by atoms with Crippen molar-refractivity contribution in [2.24, 2.45) is 0 Å². The van der Waals surface area contributed by atoms with E-state index in [1.807, 2.05) is 0 Å². The Bertz CT molecular complexity index is 1260. The molecule has 0 saturated carbocycles. The molecule has 5 aromatic rings. The molecule has 144 valence electrons. The van der Waals surface area contributed by atoms with Gasteiger partial charge in [-0.05, 0) is 42.8 Å². The van der Waals surface area contributed by atoms with Crippen molar-refractivity contribution in [1.29, 1.82) is 0 Å². The predicted molar refractivity (Wildman–Crippen MR) is 126 cm³/mol. The second-order valence-electron chi connectivity index (χ2n) is 7.58. The normalized spacial score (nSPS) is 11.5. The number of benzene rings is 4. The maximum atomic E-state index is 2.49. The first kappa shape index (κ1) is 17.8. The Hall–Kier alpha value is -3.26. The van der Waals surface area contributed by atoms with Crippen molar-refractivity contribution in [3.05, 3.63) is 90.5 Å². The van der Waals surface area contributed by atoms with Gasteiger partial charge >= 0.3 is 0 Å². The maximum absolute atomic E-state index is 2.49. The summed E-state index contributed by atoms with van der Waals surface area (Å²) in [6, 6.07) is 30.9. The number of aromatic nitrogens is 1.